The zero-order valence-electron chi connectivity index (χ0n) is 18.2. The molecule has 2 N–H and O–H groups in total. The molecular weight excluding hydrogens is 508 g/mol. The molecule has 3 atom stereocenters. The molecule has 2 aromatic rings. The average Bonchev–Trinajstić information content (AvgIpc) is 3.32. The summed E-state index contributed by atoms with van der Waals surface area (Å²) in [5.41, 5.74) is 0.683. The fourth-order valence-corrected chi connectivity index (χ4v) is 5.41. The molecule has 1 aliphatic carbocycles. The Morgan fingerprint density at radius 3 is 2.47 bits per heavy atom. The predicted molar refractivity (Wildman–Crippen MR) is 122 cm³/mol. The van der Waals surface area contributed by atoms with Crippen LogP contribution in [-0.2, 0) is 16.1 Å². The van der Waals surface area contributed by atoms with Crippen molar-refractivity contribution in [3.05, 3.63) is 57.7 Å². The Hall–Kier alpha value is -3.31. The van der Waals surface area contributed by atoms with E-state index in [2.05, 4.69) is 26.2 Å². The zero-order valence-corrected chi connectivity index (χ0v) is 19.7. The predicted octanol–water partition coefficient (Wildman–Crippen LogP) is 2.74. The van der Waals surface area contributed by atoms with Crippen LogP contribution in [-0.4, -0.2) is 69.4 Å². The minimum absolute atomic E-state index is 0.0711. The van der Waals surface area contributed by atoms with Gasteiger partial charge in [-0.15, -0.1) is 0 Å². The summed E-state index contributed by atoms with van der Waals surface area (Å²) in [6, 6.07) is 8.66. The number of hydrogen-bond acceptors (Lipinski definition) is 6. The Morgan fingerprint density at radius 2 is 1.85 bits per heavy atom. The summed E-state index contributed by atoms with van der Waals surface area (Å²) in [6.07, 6.45) is -0.525. The molecule has 3 unspecified atom stereocenters. The number of aromatic nitrogens is 1. The van der Waals surface area contributed by atoms with Crippen LogP contribution in [0.3, 0.4) is 0 Å². The number of likely N-dealkylation sites (tertiary alicyclic amines) is 1. The highest BCUT2D eigenvalue weighted by atomic mass is 79.9. The van der Waals surface area contributed by atoms with E-state index in [1.807, 2.05) is 0 Å². The topological polar surface area (TPSA) is 129 Å². The maximum absolute atomic E-state index is 13.2. The van der Waals surface area contributed by atoms with Crippen molar-refractivity contribution < 1.29 is 29.0 Å². The molecule has 0 spiro atoms. The van der Waals surface area contributed by atoms with Gasteiger partial charge in [0, 0.05) is 30.7 Å². The number of piperidine rings is 1. The number of imide groups is 1. The Kier molecular flexibility index (Phi) is 5.40. The smallest absolute Gasteiger partial charge is 0.408 e. The number of ether oxygens (including phenoxy) is 1. The van der Waals surface area contributed by atoms with Gasteiger partial charge in [-0.2, -0.15) is 0 Å². The van der Waals surface area contributed by atoms with E-state index in [1.54, 1.807) is 36.4 Å². The molecule has 1 aromatic carbocycles. The van der Waals surface area contributed by atoms with Gasteiger partial charge in [0.15, 0.2) is 0 Å². The number of nitrogens with one attached hydrogen (secondary N) is 1. The first-order valence-electron chi connectivity index (χ1n) is 10.7. The van der Waals surface area contributed by atoms with Crippen LogP contribution in [0.2, 0.25) is 0 Å². The second kappa shape index (κ2) is 8.17. The molecule has 1 saturated heterocycles. The van der Waals surface area contributed by atoms with Gasteiger partial charge >= 0.3 is 6.09 Å². The lowest BCUT2D eigenvalue weighted by molar-refractivity contribution is -0.120. The molecule has 2 aliphatic heterocycles. The van der Waals surface area contributed by atoms with Crippen LogP contribution >= 0.6 is 15.9 Å². The summed E-state index contributed by atoms with van der Waals surface area (Å²) < 4.78 is 5.66. The average molecular weight is 529 g/mol. The quantitative estimate of drug-likeness (QED) is 0.435. The number of carbonyl (C=O) groups excluding carboxylic acids is 3. The third kappa shape index (κ3) is 3.55. The fourth-order valence-electron chi connectivity index (χ4n) is 5.10. The number of benzene rings is 1. The second-order valence-corrected chi connectivity index (χ2v) is 9.61. The lowest BCUT2D eigenvalue weighted by Gasteiger charge is -2.24. The minimum atomic E-state index is -1.22. The number of fused-ring (bicyclic) bond motifs is 2. The molecule has 34 heavy (non-hydrogen) atoms. The van der Waals surface area contributed by atoms with Gasteiger partial charge in [0.25, 0.3) is 11.8 Å². The summed E-state index contributed by atoms with van der Waals surface area (Å²) in [5, 5.41) is 12.6. The van der Waals surface area contributed by atoms with Crippen LogP contribution in [0.25, 0.3) is 0 Å². The maximum Gasteiger partial charge on any atom is 0.408 e. The van der Waals surface area contributed by atoms with Crippen molar-refractivity contribution in [3.8, 4) is 0 Å². The van der Waals surface area contributed by atoms with Gasteiger partial charge in [0.2, 0.25) is 5.91 Å². The van der Waals surface area contributed by atoms with Crippen molar-refractivity contribution in [1.82, 2.24) is 14.8 Å². The number of halogens is 1. The van der Waals surface area contributed by atoms with Gasteiger partial charge in [-0.25, -0.2) is 9.78 Å². The molecule has 4 amide bonds. The van der Waals surface area contributed by atoms with Crippen molar-refractivity contribution in [2.45, 2.75) is 31.5 Å². The summed E-state index contributed by atoms with van der Waals surface area (Å²) >= 11 is 3.28. The van der Waals surface area contributed by atoms with Gasteiger partial charge < -0.3 is 15.2 Å². The molecule has 10 nitrogen and oxygen atoms in total. The zero-order chi connectivity index (χ0) is 24.2. The SMILES string of the molecule is COCc1ccc(Br)nc1NC(=O)C1CC2(CN3C(=O)c4ccccc4C3=O)CC2N1C(=O)O. The molecular formula is C23H21BrN4O6. The number of rotatable bonds is 6. The number of carboxylic acid groups (broad SMARTS) is 1. The molecule has 1 aromatic heterocycles. The van der Waals surface area contributed by atoms with E-state index in [1.165, 1.54) is 12.0 Å². The fraction of sp³-hybridized carbons (Fsp3) is 0.348. The van der Waals surface area contributed by atoms with Crippen LogP contribution in [0.15, 0.2) is 41.0 Å². The molecule has 5 rings (SSSR count). The van der Waals surface area contributed by atoms with Gasteiger partial charge in [-0.05, 0) is 47.0 Å². The first-order valence-corrected chi connectivity index (χ1v) is 11.5. The highest BCUT2D eigenvalue weighted by Gasteiger charge is 2.68. The third-order valence-electron chi connectivity index (χ3n) is 6.78. The summed E-state index contributed by atoms with van der Waals surface area (Å²) in [7, 11) is 1.52. The molecule has 0 radical (unpaired) electrons. The molecule has 11 heteroatoms. The van der Waals surface area contributed by atoms with Crippen LogP contribution in [0, 0.1) is 5.41 Å². The van der Waals surface area contributed by atoms with Crippen molar-refractivity contribution >= 4 is 45.6 Å². The van der Waals surface area contributed by atoms with Crippen molar-refractivity contribution in [1.29, 1.82) is 0 Å². The van der Waals surface area contributed by atoms with Crippen LogP contribution in [0.4, 0.5) is 10.6 Å². The first kappa shape index (κ1) is 22.5. The molecule has 3 aliphatic rings. The van der Waals surface area contributed by atoms with E-state index in [4.69, 9.17) is 4.74 Å². The summed E-state index contributed by atoms with van der Waals surface area (Å²) in [4.78, 5) is 57.5. The number of anilines is 1. The van der Waals surface area contributed by atoms with Crippen molar-refractivity contribution in [2.24, 2.45) is 5.41 Å². The van der Waals surface area contributed by atoms with Gasteiger partial charge in [-0.1, -0.05) is 18.2 Å². The first-order chi connectivity index (χ1) is 16.3. The Labute approximate surface area is 203 Å². The number of nitrogens with zero attached hydrogens (tertiary/aromatic N) is 3. The van der Waals surface area contributed by atoms with E-state index in [0.717, 1.165) is 4.90 Å². The number of hydrogen-bond donors (Lipinski definition) is 2. The Balaban J connectivity index is 1.36. The van der Waals surface area contributed by atoms with Gasteiger partial charge in [0.1, 0.15) is 16.5 Å². The van der Waals surface area contributed by atoms with E-state index in [9.17, 15) is 24.3 Å². The molecule has 2 fully saturated rings. The van der Waals surface area contributed by atoms with E-state index < -0.39 is 41.3 Å². The number of amides is 4. The highest BCUT2D eigenvalue weighted by molar-refractivity contribution is 9.10. The molecule has 176 valence electrons. The second-order valence-electron chi connectivity index (χ2n) is 8.80. The Morgan fingerprint density at radius 1 is 1.18 bits per heavy atom. The third-order valence-corrected chi connectivity index (χ3v) is 7.22. The number of methoxy groups -OCH3 is 1. The van der Waals surface area contributed by atoms with Crippen LogP contribution in [0.5, 0.6) is 0 Å². The molecule has 1 saturated carbocycles. The minimum Gasteiger partial charge on any atom is -0.465 e. The standard InChI is InChI=1S/C23H21BrN4O6/c1-34-10-12-6-7-17(24)25-18(12)26-19(29)15-8-23(9-16(23)28(15)22(32)33)11-27-20(30)13-4-2-3-5-14(13)21(27)31/h2-7,15-16H,8-11H2,1H3,(H,32,33)(H,25,26,29). The molecule has 3 heterocycles. The largest absolute Gasteiger partial charge is 0.465 e. The lowest BCUT2D eigenvalue weighted by Crippen LogP contribution is -2.45. The highest BCUT2D eigenvalue weighted by Crippen LogP contribution is 2.60. The van der Waals surface area contributed by atoms with E-state index in [0.29, 0.717) is 27.7 Å². The van der Waals surface area contributed by atoms with Gasteiger partial charge in [-0.3, -0.25) is 24.2 Å². The Bertz CT molecular complexity index is 1200. The number of carbonyl (C=O) groups is 4. The molecule has 0 bridgehead atoms. The monoisotopic (exact) mass is 528 g/mol. The number of pyridine rings is 1. The maximum atomic E-state index is 13.2. The normalized spacial score (nSPS) is 24.8. The van der Waals surface area contributed by atoms with Crippen molar-refractivity contribution in [2.75, 3.05) is 19.0 Å². The van der Waals surface area contributed by atoms with Crippen LogP contribution < -0.4 is 5.32 Å². The van der Waals surface area contributed by atoms with Crippen molar-refractivity contribution in [3.63, 3.8) is 0 Å². The van der Waals surface area contributed by atoms with Crippen LogP contribution in [0.1, 0.15) is 39.1 Å². The van der Waals surface area contributed by atoms with E-state index in [-0.39, 0.29) is 25.4 Å². The summed E-state index contributed by atoms with van der Waals surface area (Å²) in [6.45, 7) is 0.289. The van der Waals surface area contributed by atoms with E-state index >= 15 is 0 Å². The lowest BCUT2D eigenvalue weighted by atomic mass is 9.98. The summed E-state index contributed by atoms with van der Waals surface area (Å²) in [5.74, 6) is -1.02. The van der Waals surface area contributed by atoms with Gasteiger partial charge in [0.05, 0.1) is 17.7 Å².